The molecule has 0 spiro atoms. The van der Waals surface area contributed by atoms with E-state index in [4.69, 9.17) is 18.1 Å². The van der Waals surface area contributed by atoms with Gasteiger partial charge in [-0.25, -0.2) is 5.84 Å². The third-order valence-electron chi connectivity index (χ3n) is 1.44. The lowest BCUT2D eigenvalue weighted by molar-refractivity contribution is 1.04. The summed E-state index contributed by atoms with van der Waals surface area (Å²) in [4.78, 5) is 0. The van der Waals surface area contributed by atoms with Crippen molar-refractivity contribution in [2.24, 2.45) is 5.84 Å². The number of hydrogen-bond donors (Lipinski definition) is 3. The van der Waals surface area contributed by atoms with Crippen LogP contribution in [0.5, 0.6) is 0 Å². The van der Waals surface area contributed by atoms with Gasteiger partial charge in [-0.1, -0.05) is 17.7 Å². The quantitative estimate of drug-likeness (QED) is 0.345. The van der Waals surface area contributed by atoms with Crippen LogP contribution in [0.4, 0.5) is 5.69 Å². The maximum Gasteiger partial charge on any atom is 0.185 e. The first-order valence-corrected chi connectivity index (χ1v) is 3.97. The molecule has 0 aliphatic carbocycles. The highest BCUT2D eigenvalue weighted by Crippen LogP contribution is 2.07. The smallest absolute Gasteiger partial charge is 0.185 e. The van der Waals surface area contributed by atoms with Crippen LogP contribution in [-0.2, 0) is 0 Å². The molecule has 1 aromatic carbocycles. The molecule has 0 heterocycles. The first-order chi connectivity index (χ1) is 5.72. The van der Waals surface area contributed by atoms with Gasteiger partial charge in [0.15, 0.2) is 5.11 Å². The molecule has 3 nitrogen and oxygen atoms in total. The second-order valence-electron chi connectivity index (χ2n) is 2.46. The predicted octanol–water partition coefficient (Wildman–Crippen LogP) is 1.16. The summed E-state index contributed by atoms with van der Waals surface area (Å²) in [6.07, 6.45) is 0. The van der Waals surface area contributed by atoms with Gasteiger partial charge < -0.3 is 10.7 Å². The van der Waals surface area contributed by atoms with Crippen LogP contribution < -0.4 is 16.6 Å². The van der Waals surface area contributed by atoms with E-state index >= 15 is 0 Å². The van der Waals surface area contributed by atoms with Gasteiger partial charge in [-0.05, 0) is 31.3 Å². The summed E-state index contributed by atoms with van der Waals surface area (Å²) in [5.41, 5.74) is 4.50. The van der Waals surface area contributed by atoms with Gasteiger partial charge in [0, 0.05) is 5.69 Å². The molecule has 12 heavy (non-hydrogen) atoms. The van der Waals surface area contributed by atoms with E-state index in [0.717, 1.165) is 5.69 Å². The largest absolute Gasteiger partial charge is 0.332 e. The molecule has 1 aromatic rings. The van der Waals surface area contributed by atoms with E-state index in [1.165, 1.54) is 5.56 Å². The Morgan fingerprint density at radius 1 is 1.33 bits per heavy atom. The summed E-state index contributed by atoms with van der Waals surface area (Å²) in [5, 5.41) is 3.33. The Bertz CT molecular complexity index is 268. The molecule has 0 unspecified atom stereocenters. The van der Waals surface area contributed by atoms with Crippen LogP contribution >= 0.6 is 12.2 Å². The van der Waals surface area contributed by atoms with Crippen LogP contribution in [0, 0.1) is 6.92 Å². The zero-order valence-corrected chi connectivity index (χ0v) is 7.61. The second-order valence-corrected chi connectivity index (χ2v) is 2.87. The van der Waals surface area contributed by atoms with Crippen molar-refractivity contribution in [3.05, 3.63) is 29.8 Å². The highest BCUT2D eigenvalue weighted by Gasteiger charge is 1.92. The predicted molar refractivity (Wildman–Crippen MR) is 54.7 cm³/mol. The topological polar surface area (TPSA) is 50.1 Å². The molecule has 0 radical (unpaired) electrons. The van der Waals surface area contributed by atoms with Gasteiger partial charge >= 0.3 is 0 Å². The van der Waals surface area contributed by atoms with Crippen molar-refractivity contribution in [1.29, 1.82) is 0 Å². The number of rotatable bonds is 1. The third kappa shape index (κ3) is 2.48. The Balaban J connectivity index is 2.64. The summed E-state index contributed by atoms with van der Waals surface area (Å²) in [6, 6.07) is 7.89. The van der Waals surface area contributed by atoms with Crippen molar-refractivity contribution < 1.29 is 0 Å². The SMILES string of the molecule is Cc1ccc(NC(=S)NN)cc1. The van der Waals surface area contributed by atoms with E-state index in [1.807, 2.05) is 31.2 Å². The molecule has 0 saturated carbocycles. The van der Waals surface area contributed by atoms with Crippen LogP contribution in [0.3, 0.4) is 0 Å². The number of nitrogens with one attached hydrogen (secondary N) is 2. The fourth-order valence-electron chi connectivity index (χ4n) is 0.804. The molecular weight excluding hydrogens is 170 g/mol. The van der Waals surface area contributed by atoms with Crippen molar-refractivity contribution in [3.8, 4) is 0 Å². The van der Waals surface area contributed by atoms with E-state index in [1.54, 1.807) is 0 Å². The Morgan fingerprint density at radius 2 is 1.92 bits per heavy atom. The van der Waals surface area contributed by atoms with Gasteiger partial charge in [0.05, 0.1) is 0 Å². The van der Waals surface area contributed by atoms with Crippen LogP contribution in [0.25, 0.3) is 0 Å². The van der Waals surface area contributed by atoms with Crippen LogP contribution in [0.2, 0.25) is 0 Å². The number of thiocarbonyl (C=S) groups is 1. The molecule has 0 saturated heterocycles. The average molecular weight is 181 g/mol. The summed E-state index contributed by atoms with van der Waals surface area (Å²) in [6.45, 7) is 2.03. The molecule has 0 bridgehead atoms. The number of anilines is 1. The summed E-state index contributed by atoms with van der Waals surface area (Å²) in [5.74, 6) is 5.10. The molecule has 0 aromatic heterocycles. The fourth-order valence-corrected chi connectivity index (χ4v) is 0.922. The molecular formula is C8H11N3S. The number of hydrazine groups is 1. The van der Waals surface area contributed by atoms with Crippen molar-refractivity contribution in [2.45, 2.75) is 6.92 Å². The Labute approximate surface area is 76.9 Å². The monoisotopic (exact) mass is 181 g/mol. The van der Waals surface area contributed by atoms with E-state index in [9.17, 15) is 0 Å². The van der Waals surface area contributed by atoms with Gasteiger partial charge in [-0.15, -0.1) is 0 Å². The van der Waals surface area contributed by atoms with Crippen molar-refractivity contribution in [2.75, 3.05) is 5.32 Å². The molecule has 0 amide bonds. The standard InChI is InChI=1S/C8H11N3S/c1-6-2-4-7(5-3-6)10-8(12)11-9/h2-5H,9H2,1H3,(H2,10,11,12). The van der Waals surface area contributed by atoms with E-state index in [0.29, 0.717) is 5.11 Å². The lowest BCUT2D eigenvalue weighted by atomic mass is 10.2. The van der Waals surface area contributed by atoms with Crippen LogP contribution in [0.1, 0.15) is 5.56 Å². The molecule has 0 atom stereocenters. The zero-order valence-electron chi connectivity index (χ0n) is 6.79. The van der Waals surface area contributed by atoms with E-state index < -0.39 is 0 Å². The van der Waals surface area contributed by atoms with Crippen LogP contribution in [-0.4, -0.2) is 5.11 Å². The van der Waals surface area contributed by atoms with Gasteiger partial charge in [0.1, 0.15) is 0 Å². The van der Waals surface area contributed by atoms with E-state index in [2.05, 4.69) is 10.7 Å². The Hall–Kier alpha value is -1.13. The average Bonchev–Trinajstić information content (AvgIpc) is 2.09. The third-order valence-corrected chi connectivity index (χ3v) is 1.66. The van der Waals surface area contributed by atoms with Crippen molar-refractivity contribution in [3.63, 3.8) is 0 Å². The Kier molecular flexibility index (Phi) is 3.01. The zero-order chi connectivity index (χ0) is 8.97. The minimum atomic E-state index is 0.416. The van der Waals surface area contributed by atoms with Crippen molar-refractivity contribution >= 4 is 23.0 Å². The molecule has 64 valence electrons. The lowest BCUT2D eigenvalue weighted by Gasteiger charge is -2.06. The first kappa shape index (κ1) is 8.96. The summed E-state index contributed by atoms with van der Waals surface area (Å²) >= 11 is 4.82. The number of nitrogens with two attached hydrogens (primary N) is 1. The van der Waals surface area contributed by atoms with E-state index in [-0.39, 0.29) is 0 Å². The van der Waals surface area contributed by atoms with Gasteiger partial charge in [0.25, 0.3) is 0 Å². The molecule has 4 heteroatoms. The highest BCUT2D eigenvalue weighted by molar-refractivity contribution is 7.80. The highest BCUT2D eigenvalue weighted by atomic mass is 32.1. The maximum atomic E-state index is 5.10. The fraction of sp³-hybridized carbons (Fsp3) is 0.125. The van der Waals surface area contributed by atoms with Gasteiger partial charge in [-0.2, -0.15) is 0 Å². The Morgan fingerprint density at radius 3 is 2.42 bits per heavy atom. The minimum absolute atomic E-state index is 0.416. The van der Waals surface area contributed by atoms with Gasteiger partial charge in [0.2, 0.25) is 0 Å². The second kappa shape index (κ2) is 4.04. The molecule has 4 N–H and O–H groups in total. The summed E-state index contributed by atoms with van der Waals surface area (Å²) in [7, 11) is 0. The summed E-state index contributed by atoms with van der Waals surface area (Å²) < 4.78 is 0. The lowest BCUT2D eigenvalue weighted by Crippen LogP contribution is -2.34. The molecule has 0 fully saturated rings. The van der Waals surface area contributed by atoms with Crippen molar-refractivity contribution in [1.82, 2.24) is 5.43 Å². The maximum absolute atomic E-state index is 5.10. The van der Waals surface area contributed by atoms with Gasteiger partial charge in [-0.3, -0.25) is 0 Å². The molecule has 1 rings (SSSR count). The minimum Gasteiger partial charge on any atom is -0.332 e. The van der Waals surface area contributed by atoms with Crippen LogP contribution in [0.15, 0.2) is 24.3 Å². The number of aryl methyl sites for hydroxylation is 1. The molecule has 0 aliphatic heterocycles. The number of benzene rings is 1. The first-order valence-electron chi connectivity index (χ1n) is 3.56. The molecule has 0 aliphatic rings. The normalized spacial score (nSPS) is 9.17. The number of hydrogen-bond acceptors (Lipinski definition) is 2.